The molecule has 1 N–H and O–H groups in total. The third kappa shape index (κ3) is 6.66. The van der Waals surface area contributed by atoms with Crippen LogP contribution in [-0.4, -0.2) is 29.9 Å². The molecule has 0 spiro atoms. The number of carbonyl (C=O) groups excluding carboxylic acids is 1. The van der Waals surface area contributed by atoms with Gasteiger partial charge in [0.05, 0.1) is 19.4 Å². The van der Waals surface area contributed by atoms with Crippen molar-refractivity contribution in [3.8, 4) is 22.9 Å². The van der Waals surface area contributed by atoms with Crippen LogP contribution in [0.4, 0.5) is 0 Å². The van der Waals surface area contributed by atoms with Gasteiger partial charge < -0.3 is 23.2 Å². The molecule has 2 aromatic carbocycles. The van der Waals surface area contributed by atoms with E-state index in [2.05, 4.69) is 57.0 Å². The summed E-state index contributed by atoms with van der Waals surface area (Å²) in [5, 5.41) is 4.37. The number of ether oxygens (including phenoxy) is 3. The number of amides is 1. The van der Waals surface area contributed by atoms with E-state index >= 15 is 0 Å². The predicted molar refractivity (Wildman–Crippen MR) is 155 cm³/mol. The normalized spacial score (nSPS) is 11.3. The van der Waals surface area contributed by atoms with Crippen molar-refractivity contribution in [2.75, 3.05) is 7.11 Å². The minimum atomic E-state index is -0.506. The maximum absolute atomic E-state index is 12.5. The lowest BCUT2D eigenvalue weighted by Gasteiger charge is -2.17. The van der Waals surface area contributed by atoms with Gasteiger partial charge in [-0.3, -0.25) is 4.79 Å². The Hall–Kier alpha value is -3.69. The van der Waals surface area contributed by atoms with E-state index in [0.29, 0.717) is 38.1 Å². The number of hydrogen-bond donors (Lipinski definition) is 1. The molecule has 0 unspecified atom stereocenters. The summed E-state index contributed by atoms with van der Waals surface area (Å²) >= 11 is 9.91. The van der Waals surface area contributed by atoms with Crippen LogP contribution in [0, 0.1) is 13.8 Å². The third-order valence-corrected chi connectivity index (χ3v) is 7.17. The van der Waals surface area contributed by atoms with Gasteiger partial charge in [0.1, 0.15) is 23.1 Å². The zero-order chi connectivity index (χ0) is 28.1. The molecule has 0 saturated carbocycles. The summed E-state index contributed by atoms with van der Waals surface area (Å²) in [5.74, 6) is 1.67. The van der Waals surface area contributed by atoms with Crippen LogP contribution in [0.5, 0.6) is 17.2 Å². The summed E-state index contributed by atoms with van der Waals surface area (Å²) in [6.45, 7) is 8.10. The Labute approximate surface area is 240 Å². The second kappa shape index (κ2) is 12.4. The number of nitrogens with one attached hydrogen (secondary N) is 1. The van der Waals surface area contributed by atoms with Crippen LogP contribution in [0.3, 0.4) is 0 Å². The van der Waals surface area contributed by atoms with Crippen molar-refractivity contribution in [1.29, 1.82) is 0 Å². The summed E-state index contributed by atoms with van der Waals surface area (Å²) in [6.07, 6.45) is 1.36. The van der Waals surface area contributed by atoms with Gasteiger partial charge >= 0.3 is 5.91 Å². The largest absolute Gasteiger partial charge is 0.493 e. The summed E-state index contributed by atoms with van der Waals surface area (Å²) in [4.78, 5) is 12.5. The first-order chi connectivity index (χ1) is 18.7. The summed E-state index contributed by atoms with van der Waals surface area (Å²) in [7, 11) is 1.52. The van der Waals surface area contributed by atoms with Gasteiger partial charge in [0.25, 0.3) is 0 Å². The van der Waals surface area contributed by atoms with Crippen molar-refractivity contribution in [3.05, 3.63) is 92.6 Å². The molecule has 10 heteroatoms. The highest BCUT2D eigenvalue weighted by atomic mass is 79.9. The van der Waals surface area contributed by atoms with Crippen molar-refractivity contribution in [2.45, 2.75) is 40.4 Å². The molecule has 39 heavy (non-hydrogen) atoms. The first-order valence-corrected chi connectivity index (χ1v) is 13.4. The molecule has 0 aliphatic heterocycles. The van der Waals surface area contributed by atoms with Gasteiger partial charge in [0.15, 0.2) is 17.3 Å². The lowest BCUT2D eigenvalue weighted by Crippen LogP contribution is -2.17. The molecule has 0 saturated heterocycles. The van der Waals surface area contributed by atoms with Crippen LogP contribution >= 0.6 is 27.5 Å². The molecule has 0 aliphatic rings. The molecular formula is C29H29BrClN3O5. The summed E-state index contributed by atoms with van der Waals surface area (Å²) in [5.41, 5.74) is 6.43. The second-order valence-corrected chi connectivity index (χ2v) is 10.2. The molecular weight excluding hydrogens is 586 g/mol. The third-order valence-electron chi connectivity index (χ3n) is 5.73. The minimum Gasteiger partial charge on any atom is -0.493 e. The smallest absolute Gasteiger partial charge is 0.307 e. The number of carbonyl (C=O) groups is 1. The van der Waals surface area contributed by atoms with E-state index in [0.717, 1.165) is 17.1 Å². The molecule has 0 fully saturated rings. The molecule has 0 radical (unpaired) electrons. The number of furan rings is 1. The fourth-order valence-corrected chi connectivity index (χ4v) is 4.55. The topological polar surface area (TPSA) is 87.2 Å². The van der Waals surface area contributed by atoms with Gasteiger partial charge in [0, 0.05) is 27.1 Å². The van der Waals surface area contributed by atoms with Crippen molar-refractivity contribution >= 4 is 39.7 Å². The van der Waals surface area contributed by atoms with E-state index in [1.54, 1.807) is 18.2 Å². The van der Waals surface area contributed by atoms with Crippen LogP contribution in [0.15, 0.2) is 68.6 Å². The number of nitrogens with zero attached hydrogens (tertiary/aromatic N) is 2. The Morgan fingerprint density at radius 3 is 2.46 bits per heavy atom. The van der Waals surface area contributed by atoms with Gasteiger partial charge in [-0.25, -0.2) is 5.43 Å². The van der Waals surface area contributed by atoms with Gasteiger partial charge in [-0.1, -0.05) is 11.6 Å². The monoisotopic (exact) mass is 613 g/mol. The van der Waals surface area contributed by atoms with Crippen LogP contribution in [0.25, 0.3) is 5.69 Å². The maximum atomic E-state index is 12.5. The van der Waals surface area contributed by atoms with Gasteiger partial charge in [-0.05, 0) is 98.2 Å². The number of methoxy groups -OCH3 is 1. The Morgan fingerprint density at radius 1 is 1.13 bits per heavy atom. The zero-order valence-corrected chi connectivity index (χ0v) is 24.6. The fourth-order valence-electron chi connectivity index (χ4n) is 3.91. The highest BCUT2D eigenvalue weighted by molar-refractivity contribution is 9.10. The number of aryl methyl sites for hydroxylation is 2. The SMILES string of the molecule is COc1cc(/C=N/NC(=O)c2ccc(COc3ccc(-n4c(C)ccc4C)cc3)o2)c(Br)c(Cl)c1OC(C)C. The average molecular weight is 615 g/mol. The van der Waals surface area contributed by atoms with E-state index in [4.69, 9.17) is 30.2 Å². The lowest BCUT2D eigenvalue weighted by atomic mass is 10.2. The van der Waals surface area contributed by atoms with Gasteiger partial charge in [-0.15, -0.1) is 0 Å². The number of hydrazone groups is 1. The predicted octanol–water partition coefficient (Wildman–Crippen LogP) is 7.24. The Balaban J connectivity index is 1.35. The van der Waals surface area contributed by atoms with Crippen molar-refractivity contribution in [1.82, 2.24) is 9.99 Å². The molecule has 0 atom stereocenters. The lowest BCUT2D eigenvalue weighted by molar-refractivity contribution is 0.0923. The van der Waals surface area contributed by atoms with Crippen molar-refractivity contribution in [2.24, 2.45) is 5.10 Å². The summed E-state index contributed by atoms with van der Waals surface area (Å²) < 4.78 is 25.4. The average Bonchev–Trinajstić information content (AvgIpc) is 3.53. The van der Waals surface area contributed by atoms with Crippen LogP contribution in [-0.2, 0) is 6.61 Å². The van der Waals surface area contributed by atoms with Crippen molar-refractivity contribution < 1.29 is 23.4 Å². The molecule has 8 nitrogen and oxygen atoms in total. The number of aromatic nitrogens is 1. The summed E-state index contributed by atoms with van der Waals surface area (Å²) in [6, 6.07) is 16.9. The molecule has 1 amide bonds. The maximum Gasteiger partial charge on any atom is 0.307 e. The molecule has 0 bridgehead atoms. The zero-order valence-electron chi connectivity index (χ0n) is 22.2. The molecule has 2 heterocycles. The quantitative estimate of drug-likeness (QED) is 0.150. The van der Waals surface area contributed by atoms with Gasteiger partial charge in [-0.2, -0.15) is 5.10 Å². The second-order valence-electron chi connectivity index (χ2n) is 8.99. The Morgan fingerprint density at radius 2 is 1.82 bits per heavy atom. The highest BCUT2D eigenvalue weighted by Crippen LogP contribution is 2.42. The minimum absolute atomic E-state index is 0.0880. The standard InChI is InChI=1S/C29H29BrClN3O5/c1-17(2)38-28-25(36-5)14-20(26(30)27(28)31)15-32-33-29(35)24-13-12-23(39-24)16-37-22-10-8-21(9-11-22)34-18(3)6-7-19(34)4/h6-15,17H,16H2,1-5H3,(H,33,35)/b32-15+. The molecule has 0 aliphatic carbocycles. The Kier molecular flexibility index (Phi) is 9.04. The van der Waals surface area contributed by atoms with Gasteiger partial charge in [0.2, 0.25) is 0 Å². The molecule has 4 rings (SSSR count). The fraction of sp³-hybridized carbons (Fsp3) is 0.241. The molecule has 2 aromatic heterocycles. The van der Waals surface area contributed by atoms with Crippen LogP contribution in [0.2, 0.25) is 5.02 Å². The first-order valence-electron chi connectivity index (χ1n) is 12.2. The highest BCUT2D eigenvalue weighted by Gasteiger charge is 2.18. The number of benzene rings is 2. The number of hydrogen-bond acceptors (Lipinski definition) is 6. The van der Waals surface area contributed by atoms with Crippen LogP contribution in [0.1, 0.15) is 47.1 Å². The molecule has 4 aromatic rings. The van der Waals surface area contributed by atoms with E-state index < -0.39 is 5.91 Å². The Bertz CT molecular complexity index is 1470. The first kappa shape index (κ1) is 28.3. The van der Waals surface area contributed by atoms with E-state index in [-0.39, 0.29) is 18.5 Å². The van der Waals surface area contributed by atoms with Crippen LogP contribution < -0.4 is 19.6 Å². The van der Waals surface area contributed by atoms with Crippen molar-refractivity contribution in [3.63, 3.8) is 0 Å². The van der Waals surface area contributed by atoms with E-state index in [1.807, 2.05) is 38.1 Å². The molecule has 204 valence electrons. The van der Waals surface area contributed by atoms with E-state index in [9.17, 15) is 4.79 Å². The number of halogens is 2. The van der Waals surface area contributed by atoms with E-state index in [1.165, 1.54) is 13.3 Å². The number of rotatable bonds is 10.